The lowest BCUT2D eigenvalue weighted by Crippen LogP contribution is -2.08. The molecule has 88 valence electrons. The first-order chi connectivity index (χ1) is 7.36. The molecular weight excluding hydrogens is 217 g/mol. The van der Waals surface area contributed by atoms with Crippen LogP contribution in [0.2, 0.25) is 0 Å². The van der Waals surface area contributed by atoms with Crippen LogP contribution in [0.5, 0.6) is 0 Å². The molecule has 0 aliphatic heterocycles. The third kappa shape index (κ3) is 2.85. The van der Waals surface area contributed by atoms with Crippen LogP contribution in [0.4, 0.5) is 13.2 Å². The zero-order valence-electron chi connectivity index (χ0n) is 8.83. The molecule has 16 heavy (non-hydrogen) atoms. The van der Waals surface area contributed by atoms with Crippen molar-refractivity contribution in [1.82, 2.24) is 0 Å². The number of hydrogen-bond donors (Lipinski definition) is 1. The van der Waals surface area contributed by atoms with E-state index in [1.807, 2.05) is 0 Å². The summed E-state index contributed by atoms with van der Waals surface area (Å²) < 4.78 is 36.8. The fourth-order valence-electron chi connectivity index (χ4n) is 1.30. The van der Waals surface area contributed by atoms with Gasteiger partial charge in [-0.05, 0) is 17.7 Å². The first-order valence-corrected chi connectivity index (χ1v) is 4.84. The van der Waals surface area contributed by atoms with Crippen molar-refractivity contribution in [3.63, 3.8) is 0 Å². The Kier molecular flexibility index (Phi) is 3.75. The summed E-state index contributed by atoms with van der Waals surface area (Å²) in [6.07, 6.45) is -3.60. The van der Waals surface area contributed by atoms with Gasteiger partial charge in [-0.1, -0.05) is 25.1 Å². The maximum absolute atomic E-state index is 12.3. The summed E-state index contributed by atoms with van der Waals surface area (Å²) in [5.41, 5.74) is -0.255. The Balaban J connectivity index is 2.91. The molecule has 0 bridgehead atoms. The molecule has 0 heterocycles. The monoisotopic (exact) mass is 230 g/mol. The van der Waals surface area contributed by atoms with Gasteiger partial charge in [0.25, 0.3) is 0 Å². The van der Waals surface area contributed by atoms with Crippen molar-refractivity contribution in [1.29, 1.82) is 0 Å². The van der Waals surface area contributed by atoms with Gasteiger partial charge in [0.2, 0.25) is 0 Å². The number of halogens is 3. The smallest absolute Gasteiger partial charge is 0.388 e. The zero-order chi connectivity index (χ0) is 12.3. The van der Waals surface area contributed by atoms with Gasteiger partial charge in [0.15, 0.2) is 0 Å². The molecule has 0 fully saturated rings. The van der Waals surface area contributed by atoms with Crippen molar-refractivity contribution in [3.05, 3.63) is 48.0 Å². The normalized spacial score (nSPS) is 15.6. The fourth-order valence-corrected chi connectivity index (χ4v) is 1.30. The Labute approximate surface area is 92.2 Å². The molecule has 4 heteroatoms. The topological polar surface area (TPSA) is 20.2 Å². The predicted octanol–water partition coefficient (Wildman–Crippen LogP) is 3.56. The second-order valence-electron chi connectivity index (χ2n) is 3.66. The van der Waals surface area contributed by atoms with Crippen LogP contribution in [0.3, 0.4) is 0 Å². The second kappa shape index (κ2) is 4.70. The van der Waals surface area contributed by atoms with Crippen LogP contribution >= 0.6 is 0 Å². The molecule has 0 aliphatic rings. The first-order valence-electron chi connectivity index (χ1n) is 4.84. The summed E-state index contributed by atoms with van der Waals surface area (Å²) in [4.78, 5) is 0. The summed E-state index contributed by atoms with van der Waals surface area (Å²) >= 11 is 0. The Morgan fingerprint density at radius 2 is 1.75 bits per heavy atom. The maximum Gasteiger partial charge on any atom is 0.416 e. The molecule has 1 nitrogen and oxygen atoms in total. The minimum Gasteiger partial charge on any atom is -0.388 e. The number of benzene rings is 1. The third-order valence-electron chi connectivity index (χ3n) is 2.45. The number of rotatable bonds is 3. The van der Waals surface area contributed by atoms with E-state index in [0.29, 0.717) is 5.56 Å². The molecule has 0 aromatic heterocycles. The van der Waals surface area contributed by atoms with Crippen LogP contribution in [0, 0.1) is 5.92 Å². The van der Waals surface area contributed by atoms with Gasteiger partial charge in [0.1, 0.15) is 0 Å². The average Bonchev–Trinajstić information content (AvgIpc) is 2.26. The Morgan fingerprint density at radius 3 is 2.12 bits per heavy atom. The van der Waals surface area contributed by atoms with Crippen molar-refractivity contribution < 1.29 is 18.3 Å². The minimum absolute atomic E-state index is 0.197. The Hall–Kier alpha value is -1.29. The minimum atomic E-state index is -4.34. The van der Waals surface area contributed by atoms with Gasteiger partial charge in [-0.3, -0.25) is 0 Å². The first kappa shape index (κ1) is 12.8. The van der Waals surface area contributed by atoms with E-state index in [-0.39, 0.29) is 5.92 Å². The van der Waals surface area contributed by atoms with Crippen molar-refractivity contribution in [2.24, 2.45) is 5.92 Å². The van der Waals surface area contributed by atoms with Gasteiger partial charge in [0.05, 0.1) is 11.7 Å². The molecule has 1 rings (SSSR count). The highest BCUT2D eigenvalue weighted by molar-refractivity contribution is 5.26. The molecule has 0 amide bonds. The van der Waals surface area contributed by atoms with E-state index in [1.54, 1.807) is 13.0 Å². The molecule has 1 aromatic carbocycles. The summed E-state index contributed by atoms with van der Waals surface area (Å²) in [5, 5.41) is 9.73. The highest BCUT2D eigenvalue weighted by Gasteiger charge is 2.30. The number of hydrogen-bond acceptors (Lipinski definition) is 1. The Bertz CT molecular complexity index is 354. The van der Waals surface area contributed by atoms with E-state index in [9.17, 15) is 18.3 Å². The van der Waals surface area contributed by atoms with Crippen LogP contribution in [0.25, 0.3) is 0 Å². The van der Waals surface area contributed by atoms with Crippen molar-refractivity contribution >= 4 is 0 Å². The van der Waals surface area contributed by atoms with Crippen LogP contribution in [0.1, 0.15) is 24.2 Å². The summed E-state index contributed by atoms with van der Waals surface area (Å²) in [5.74, 6) is -0.197. The van der Waals surface area contributed by atoms with E-state index in [2.05, 4.69) is 6.58 Å². The van der Waals surface area contributed by atoms with Crippen molar-refractivity contribution in [3.8, 4) is 0 Å². The van der Waals surface area contributed by atoms with Crippen molar-refractivity contribution in [2.75, 3.05) is 0 Å². The highest BCUT2D eigenvalue weighted by Crippen LogP contribution is 2.31. The van der Waals surface area contributed by atoms with Crippen LogP contribution in [-0.2, 0) is 6.18 Å². The molecule has 0 unspecified atom stereocenters. The molecule has 1 aromatic rings. The number of alkyl halides is 3. The van der Waals surface area contributed by atoms with Gasteiger partial charge in [-0.25, -0.2) is 0 Å². The molecule has 0 saturated heterocycles. The maximum atomic E-state index is 12.3. The fraction of sp³-hybridized carbons (Fsp3) is 0.333. The van der Waals surface area contributed by atoms with E-state index >= 15 is 0 Å². The van der Waals surface area contributed by atoms with Gasteiger partial charge in [0, 0.05) is 5.92 Å². The van der Waals surface area contributed by atoms with Crippen LogP contribution in [0.15, 0.2) is 36.9 Å². The van der Waals surface area contributed by atoms with E-state index < -0.39 is 17.8 Å². The summed E-state index contributed by atoms with van der Waals surface area (Å²) in [6, 6.07) is 4.50. The van der Waals surface area contributed by atoms with E-state index in [1.165, 1.54) is 12.1 Å². The summed E-state index contributed by atoms with van der Waals surface area (Å²) in [7, 11) is 0. The average molecular weight is 230 g/mol. The van der Waals surface area contributed by atoms with Crippen molar-refractivity contribution in [2.45, 2.75) is 19.2 Å². The predicted molar refractivity (Wildman–Crippen MR) is 55.8 cm³/mol. The Morgan fingerprint density at radius 1 is 1.25 bits per heavy atom. The van der Waals surface area contributed by atoms with Gasteiger partial charge < -0.3 is 5.11 Å². The van der Waals surface area contributed by atoms with Gasteiger partial charge in [-0.15, -0.1) is 6.58 Å². The molecule has 0 saturated carbocycles. The van der Waals surface area contributed by atoms with E-state index in [4.69, 9.17) is 0 Å². The summed E-state index contributed by atoms with van der Waals surface area (Å²) in [6.45, 7) is 5.27. The molecule has 0 spiro atoms. The van der Waals surface area contributed by atoms with Gasteiger partial charge >= 0.3 is 6.18 Å². The molecule has 1 N–H and O–H groups in total. The van der Waals surface area contributed by atoms with Gasteiger partial charge in [-0.2, -0.15) is 13.2 Å². The van der Waals surface area contributed by atoms with Crippen LogP contribution in [-0.4, -0.2) is 5.11 Å². The molecule has 0 aliphatic carbocycles. The second-order valence-corrected chi connectivity index (χ2v) is 3.66. The lowest BCUT2D eigenvalue weighted by Gasteiger charge is -2.16. The lowest BCUT2D eigenvalue weighted by atomic mass is 9.97. The molecule has 2 atom stereocenters. The zero-order valence-corrected chi connectivity index (χ0v) is 8.83. The highest BCUT2D eigenvalue weighted by atomic mass is 19.4. The number of aliphatic hydroxyl groups excluding tert-OH is 1. The molecule has 0 radical (unpaired) electrons. The SMILES string of the molecule is C=C[C@H](C)[C@H](O)c1ccc(C(F)(F)F)cc1. The third-order valence-corrected chi connectivity index (χ3v) is 2.45. The van der Waals surface area contributed by atoms with E-state index in [0.717, 1.165) is 12.1 Å². The largest absolute Gasteiger partial charge is 0.416 e. The quantitative estimate of drug-likeness (QED) is 0.787. The standard InChI is InChI=1S/C12H13F3O/c1-3-8(2)11(16)9-4-6-10(7-5-9)12(13,14)15/h3-8,11,16H,1H2,2H3/t8-,11-/m0/s1. The van der Waals surface area contributed by atoms with Crippen LogP contribution < -0.4 is 0 Å². The lowest BCUT2D eigenvalue weighted by molar-refractivity contribution is -0.137. The number of aliphatic hydroxyl groups is 1. The molecular formula is C12H13F3O.